The van der Waals surface area contributed by atoms with Crippen molar-refractivity contribution in [1.82, 2.24) is 5.32 Å². The Morgan fingerprint density at radius 2 is 2.29 bits per heavy atom. The van der Waals surface area contributed by atoms with Crippen molar-refractivity contribution < 1.29 is 5.11 Å². The van der Waals surface area contributed by atoms with Gasteiger partial charge in [0.2, 0.25) is 0 Å². The van der Waals surface area contributed by atoms with E-state index in [1.54, 1.807) is 6.07 Å². The first kappa shape index (κ1) is 11.4. The van der Waals surface area contributed by atoms with E-state index in [0.29, 0.717) is 16.5 Å². The number of benzene rings is 1. The van der Waals surface area contributed by atoms with Crippen LogP contribution in [0.2, 0.25) is 0 Å². The summed E-state index contributed by atoms with van der Waals surface area (Å²) in [6.45, 7) is 1.11. The van der Waals surface area contributed by atoms with E-state index < -0.39 is 0 Å². The summed E-state index contributed by atoms with van der Waals surface area (Å²) in [5.41, 5.74) is 2.46. The third-order valence-corrected chi connectivity index (χ3v) is 5.58. The molecule has 0 heterocycles. The Labute approximate surface area is 107 Å². The molecular weight excluding hydrogens is 230 g/mol. The van der Waals surface area contributed by atoms with Crippen LogP contribution in [0.15, 0.2) is 18.2 Å². The van der Waals surface area contributed by atoms with Gasteiger partial charge in [0.25, 0.3) is 0 Å². The van der Waals surface area contributed by atoms with Gasteiger partial charge in [0.15, 0.2) is 0 Å². The Morgan fingerprint density at radius 1 is 1.47 bits per heavy atom. The number of rotatable bonds is 4. The number of nitrogens with one attached hydrogen (secondary N) is 1. The number of phenols is 1. The first-order valence-corrected chi connectivity index (χ1v) is 7.56. The molecule has 1 aromatic rings. The summed E-state index contributed by atoms with van der Waals surface area (Å²) in [6.07, 6.45) is 7.04. The van der Waals surface area contributed by atoms with Crippen molar-refractivity contribution in [2.24, 2.45) is 0 Å². The molecule has 0 saturated heterocycles. The fourth-order valence-electron chi connectivity index (χ4n) is 2.75. The molecular formula is C14H19NOS. The summed E-state index contributed by atoms with van der Waals surface area (Å²) >= 11 is 1.99. The van der Waals surface area contributed by atoms with Crippen LogP contribution in [0, 0.1) is 0 Å². The molecule has 17 heavy (non-hydrogen) atoms. The van der Waals surface area contributed by atoms with Gasteiger partial charge in [-0.2, -0.15) is 11.8 Å². The van der Waals surface area contributed by atoms with Crippen molar-refractivity contribution in [3.8, 4) is 5.75 Å². The molecule has 1 aromatic carbocycles. The van der Waals surface area contributed by atoms with Gasteiger partial charge in [-0.25, -0.2) is 0 Å². The number of aromatic hydroxyl groups is 1. The van der Waals surface area contributed by atoms with Crippen molar-refractivity contribution in [1.29, 1.82) is 0 Å². The maximum Gasteiger partial charge on any atom is 0.119 e. The van der Waals surface area contributed by atoms with Crippen LogP contribution in [0.25, 0.3) is 0 Å². The van der Waals surface area contributed by atoms with E-state index in [0.717, 1.165) is 24.9 Å². The third kappa shape index (κ3) is 2.06. The topological polar surface area (TPSA) is 32.3 Å². The predicted octanol–water partition coefficient (Wildman–Crippen LogP) is 2.86. The molecule has 3 rings (SSSR count). The van der Waals surface area contributed by atoms with Gasteiger partial charge in [-0.15, -0.1) is 0 Å². The van der Waals surface area contributed by atoms with Crippen LogP contribution in [0.5, 0.6) is 5.75 Å². The Morgan fingerprint density at radius 3 is 3.00 bits per heavy atom. The molecule has 0 aromatic heterocycles. The van der Waals surface area contributed by atoms with Gasteiger partial charge >= 0.3 is 0 Å². The standard InChI is InChI=1S/C14H19NOS/c1-17-14(7-8-14)9-15-12-6-5-11-10(12)3-2-4-13(11)16/h2-4,12,15-16H,5-9H2,1H3. The normalized spacial score (nSPS) is 24.6. The van der Waals surface area contributed by atoms with E-state index in [1.807, 2.05) is 17.8 Å². The van der Waals surface area contributed by atoms with Gasteiger partial charge in [-0.05, 0) is 49.1 Å². The zero-order valence-corrected chi connectivity index (χ0v) is 11.0. The molecule has 0 bridgehead atoms. The number of fused-ring (bicyclic) bond motifs is 1. The average Bonchev–Trinajstić information content (AvgIpc) is 3.01. The zero-order chi connectivity index (χ0) is 11.9. The van der Waals surface area contributed by atoms with E-state index in [9.17, 15) is 5.11 Å². The molecule has 0 aliphatic heterocycles. The molecule has 2 aliphatic rings. The summed E-state index contributed by atoms with van der Waals surface area (Å²) in [5.74, 6) is 0.470. The average molecular weight is 249 g/mol. The van der Waals surface area contributed by atoms with Gasteiger partial charge < -0.3 is 10.4 Å². The lowest BCUT2D eigenvalue weighted by Crippen LogP contribution is -2.28. The maximum absolute atomic E-state index is 9.80. The fourth-order valence-corrected chi connectivity index (χ4v) is 3.49. The quantitative estimate of drug-likeness (QED) is 0.860. The van der Waals surface area contributed by atoms with Crippen molar-refractivity contribution in [2.45, 2.75) is 36.5 Å². The van der Waals surface area contributed by atoms with Crippen LogP contribution in [0.1, 0.15) is 36.4 Å². The molecule has 2 aliphatic carbocycles. The van der Waals surface area contributed by atoms with Gasteiger partial charge in [-0.1, -0.05) is 12.1 Å². The molecule has 0 amide bonds. The minimum atomic E-state index is 0.446. The lowest BCUT2D eigenvalue weighted by atomic mass is 10.1. The summed E-state index contributed by atoms with van der Waals surface area (Å²) in [5, 5.41) is 13.5. The Kier molecular flexibility index (Phi) is 2.83. The van der Waals surface area contributed by atoms with Crippen molar-refractivity contribution >= 4 is 11.8 Å². The molecule has 1 atom stereocenters. The third-order valence-electron chi connectivity index (χ3n) is 4.16. The van der Waals surface area contributed by atoms with Crippen molar-refractivity contribution in [3.63, 3.8) is 0 Å². The number of thioether (sulfide) groups is 1. The Hall–Kier alpha value is -0.670. The minimum Gasteiger partial charge on any atom is -0.508 e. The highest BCUT2D eigenvalue weighted by Gasteiger charge is 2.42. The lowest BCUT2D eigenvalue weighted by Gasteiger charge is -2.18. The smallest absolute Gasteiger partial charge is 0.119 e. The molecule has 2 nitrogen and oxygen atoms in total. The van der Waals surface area contributed by atoms with Crippen molar-refractivity contribution in [2.75, 3.05) is 12.8 Å². The number of hydrogen-bond donors (Lipinski definition) is 2. The summed E-state index contributed by atoms with van der Waals surface area (Å²) in [7, 11) is 0. The highest BCUT2D eigenvalue weighted by atomic mass is 32.2. The largest absolute Gasteiger partial charge is 0.508 e. The van der Waals surface area contributed by atoms with Gasteiger partial charge in [0.1, 0.15) is 5.75 Å². The number of hydrogen-bond acceptors (Lipinski definition) is 3. The molecule has 0 radical (unpaired) electrons. The monoisotopic (exact) mass is 249 g/mol. The van der Waals surface area contributed by atoms with Crippen LogP contribution in [0.3, 0.4) is 0 Å². The lowest BCUT2D eigenvalue weighted by molar-refractivity contribution is 0.469. The zero-order valence-electron chi connectivity index (χ0n) is 10.2. The van der Waals surface area contributed by atoms with Gasteiger partial charge in [-0.3, -0.25) is 0 Å². The van der Waals surface area contributed by atoms with E-state index in [2.05, 4.69) is 17.6 Å². The van der Waals surface area contributed by atoms with Crippen LogP contribution in [-0.4, -0.2) is 22.7 Å². The second-order valence-corrected chi connectivity index (χ2v) is 6.48. The first-order valence-electron chi connectivity index (χ1n) is 6.33. The highest BCUT2D eigenvalue weighted by Crippen LogP contribution is 2.47. The molecule has 2 N–H and O–H groups in total. The van der Waals surface area contributed by atoms with Gasteiger partial charge in [0.05, 0.1) is 0 Å². The van der Waals surface area contributed by atoms with Crippen LogP contribution < -0.4 is 5.32 Å². The molecule has 1 fully saturated rings. The highest BCUT2D eigenvalue weighted by molar-refractivity contribution is 8.00. The summed E-state index contributed by atoms with van der Waals surface area (Å²) in [4.78, 5) is 0. The summed E-state index contributed by atoms with van der Waals surface area (Å²) < 4.78 is 0.513. The molecule has 1 saturated carbocycles. The minimum absolute atomic E-state index is 0.446. The molecule has 3 heteroatoms. The van der Waals surface area contributed by atoms with E-state index in [1.165, 1.54) is 18.4 Å². The molecule has 0 spiro atoms. The molecule has 92 valence electrons. The second kappa shape index (κ2) is 4.21. The number of phenolic OH excluding ortho intramolecular Hbond substituents is 1. The second-order valence-electron chi connectivity index (χ2n) is 5.20. The summed E-state index contributed by atoms with van der Waals surface area (Å²) in [6, 6.07) is 6.35. The van der Waals surface area contributed by atoms with Gasteiger partial charge in [0, 0.05) is 17.3 Å². The van der Waals surface area contributed by atoms with Crippen LogP contribution >= 0.6 is 11.8 Å². The first-order chi connectivity index (χ1) is 8.24. The maximum atomic E-state index is 9.80. The van der Waals surface area contributed by atoms with Crippen molar-refractivity contribution in [3.05, 3.63) is 29.3 Å². The fraction of sp³-hybridized carbons (Fsp3) is 0.571. The van der Waals surface area contributed by atoms with E-state index in [4.69, 9.17) is 0 Å². The predicted molar refractivity (Wildman–Crippen MR) is 72.7 cm³/mol. The van der Waals surface area contributed by atoms with Crippen LogP contribution in [0.4, 0.5) is 0 Å². The Bertz CT molecular complexity index is 428. The van der Waals surface area contributed by atoms with E-state index >= 15 is 0 Å². The molecule has 1 unspecified atom stereocenters. The van der Waals surface area contributed by atoms with Crippen LogP contribution in [-0.2, 0) is 6.42 Å². The van der Waals surface area contributed by atoms with E-state index in [-0.39, 0.29) is 0 Å². The SMILES string of the molecule is CSC1(CNC2CCc3c(O)cccc32)CC1. The Balaban J connectivity index is 1.69.